The number of carbonyl (C=O) groups excluding carboxylic acids is 1. The van der Waals surface area contributed by atoms with Gasteiger partial charge in [0.25, 0.3) is 0 Å². The van der Waals surface area contributed by atoms with E-state index in [1.54, 1.807) is 18.2 Å². The molecule has 2 aromatic rings. The van der Waals surface area contributed by atoms with Gasteiger partial charge < -0.3 is 20.1 Å². The van der Waals surface area contributed by atoms with E-state index < -0.39 is 17.8 Å². The first-order chi connectivity index (χ1) is 13.2. The molecule has 0 spiro atoms. The first-order valence-electron chi connectivity index (χ1n) is 8.94. The number of benzene rings is 2. The van der Waals surface area contributed by atoms with Crippen LogP contribution >= 0.6 is 0 Å². The van der Waals surface area contributed by atoms with Crippen molar-refractivity contribution < 1.29 is 19.0 Å². The van der Waals surface area contributed by atoms with Crippen LogP contribution in [0.3, 0.4) is 0 Å². The fourth-order valence-corrected chi connectivity index (χ4v) is 2.99. The van der Waals surface area contributed by atoms with E-state index in [-0.39, 0.29) is 6.61 Å². The molecule has 1 saturated heterocycles. The van der Waals surface area contributed by atoms with Gasteiger partial charge in [-0.25, -0.2) is 4.39 Å². The number of rotatable bonds is 6. The Bertz CT molecular complexity index is 804. The van der Waals surface area contributed by atoms with Crippen molar-refractivity contribution in [2.45, 2.75) is 6.04 Å². The highest BCUT2D eigenvalue weighted by Gasteiger charge is 2.16. The highest BCUT2D eigenvalue weighted by Crippen LogP contribution is 2.22. The Hall–Kier alpha value is -2.70. The lowest BCUT2D eigenvalue weighted by molar-refractivity contribution is -0.117. The first kappa shape index (κ1) is 19.1. The molecular weight excluding hydrogens is 347 g/mol. The van der Waals surface area contributed by atoms with Crippen molar-refractivity contribution in [3.63, 3.8) is 0 Å². The van der Waals surface area contributed by atoms with E-state index in [4.69, 9.17) is 4.74 Å². The van der Waals surface area contributed by atoms with Crippen LogP contribution in [0.5, 0.6) is 0 Å². The van der Waals surface area contributed by atoms with Crippen molar-refractivity contribution in [1.82, 2.24) is 5.32 Å². The van der Waals surface area contributed by atoms with Gasteiger partial charge in [-0.3, -0.25) is 4.79 Å². The van der Waals surface area contributed by atoms with E-state index in [2.05, 4.69) is 10.2 Å². The minimum atomic E-state index is -0.538. The maximum absolute atomic E-state index is 13.6. The summed E-state index contributed by atoms with van der Waals surface area (Å²) >= 11 is 0. The molecule has 1 amide bonds. The molecule has 27 heavy (non-hydrogen) atoms. The third kappa shape index (κ3) is 5.15. The van der Waals surface area contributed by atoms with Gasteiger partial charge >= 0.3 is 0 Å². The molecule has 0 aliphatic carbocycles. The molecule has 0 unspecified atom stereocenters. The van der Waals surface area contributed by atoms with Crippen LogP contribution in [-0.2, 0) is 9.53 Å². The second-order valence-corrected chi connectivity index (χ2v) is 6.29. The number of nitrogens with zero attached hydrogens (tertiary/aromatic N) is 1. The van der Waals surface area contributed by atoms with E-state index >= 15 is 0 Å². The molecule has 6 heteroatoms. The molecule has 1 heterocycles. The summed E-state index contributed by atoms with van der Waals surface area (Å²) in [4.78, 5) is 14.4. The number of halogens is 1. The third-order valence-corrected chi connectivity index (χ3v) is 4.47. The molecule has 1 atom stereocenters. The minimum absolute atomic E-state index is 0.230. The molecule has 3 rings (SSSR count). The zero-order chi connectivity index (χ0) is 19.1. The lowest BCUT2D eigenvalue weighted by atomic mass is 10.1. The zero-order valence-electron chi connectivity index (χ0n) is 15.0. The summed E-state index contributed by atoms with van der Waals surface area (Å²) in [7, 11) is 0. The molecular formula is C21H23FN2O3. The summed E-state index contributed by atoms with van der Waals surface area (Å²) < 4.78 is 19.0. The normalized spacial score (nSPS) is 15.7. The molecule has 2 aromatic carbocycles. The van der Waals surface area contributed by atoms with Crippen LogP contribution in [0.25, 0.3) is 6.08 Å². The van der Waals surface area contributed by atoms with Gasteiger partial charge in [-0.05, 0) is 29.8 Å². The van der Waals surface area contributed by atoms with Crippen LogP contribution in [-0.4, -0.2) is 43.9 Å². The summed E-state index contributed by atoms with van der Waals surface area (Å²) in [5, 5.41) is 12.5. The van der Waals surface area contributed by atoms with E-state index in [1.165, 1.54) is 18.2 Å². The van der Waals surface area contributed by atoms with E-state index in [0.29, 0.717) is 18.8 Å². The Labute approximate surface area is 158 Å². The number of hydrogen-bond acceptors (Lipinski definition) is 4. The van der Waals surface area contributed by atoms with Crippen LogP contribution < -0.4 is 10.2 Å². The zero-order valence-corrected chi connectivity index (χ0v) is 15.0. The number of nitrogens with one attached hydrogen (secondary N) is 1. The van der Waals surface area contributed by atoms with Crippen molar-refractivity contribution in [2.24, 2.45) is 0 Å². The molecule has 0 radical (unpaired) electrons. The molecule has 1 aliphatic heterocycles. The molecule has 1 aliphatic rings. The van der Waals surface area contributed by atoms with Crippen molar-refractivity contribution in [1.29, 1.82) is 0 Å². The largest absolute Gasteiger partial charge is 0.394 e. The summed E-state index contributed by atoms with van der Waals surface area (Å²) in [5.74, 6) is -0.785. The molecule has 0 saturated carbocycles. The number of morpholine rings is 1. The van der Waals surface area contributed by atoms with E-state index in [1.807, 2.05) is 24.3 Å². The van der Waals surface area contributed by atoms with Crippen LogP contribution in [0.1, 0.15) is 17.2 Å². The maximum Gasteiger partial charge on any atom is 0.244 e. The maximum atomic E-state index is 13.6. The molecule has 0 bridgehead atoms. The second-order valence-electron chi connectivity index (χ2n) is 6.29. The molecule has 1 fully saturated rings. The van der Waals surface area contributed by atoms with Gasteiger partial charge in [0.1, 0.15) is 5.82 Å². The quantitative estimate of drug-likeness (QED) is 0.767. The number of amides is 1. The second kappa shape index (κ2) is 9.30. The fourth-order valence-electron chi connectivity index (χ4n) is 2.99. The Morgan fingerprint density at radius 3 is 2.74 bits per heavy atom. The van der Waals surface area contributed by atoms with Gasteiger partial charge in [-0.2, -0.15) is 0 Å². The minimum Gasteiger partial charge on any atom is -0.394 e. The standard InChI is InChI=1S/C21H23FN2O3/c22-19-7-2-1-4-16(19)8-9-21(26)23-20(15-25)17-5-3-6-18(14-17)24-10-12-27-13-11-24/h1-9,14,20,25H,10-13,15H2,(H,23,26)/t20-/m1/s1. The van der Waals surface area contributed by atoms with Crippen molar-refractivity contribution >= 4 is 17.7 Å². The Morgan fingerprint density at radius 2 is 2.00 bits per heavy atom. The van der Waals surface area contributed by atoms with Crippen molar-refractivity contribution in [2.75, 3.05) is 37.8 Å². The average Bonchev–Trinajstić information content (AvgIpc) is 2.72. The molecule has 142 valence electrons. The van der Waals surface area contributed by atoms with Crippen LogP contribution in [0.15, 0.2) is 54.6 Å². The summed E-state index contributed by atoms with van der Waals surface area (Å²) in [6, 6.07) is 13.4. The highest BCUT2D eigenvalue weighted by molar-refractivity contribution is 5.92. The van der Waals surface area contributed by atoms with Crippen molar-refractivity contribution in [3.05, 3.63) is 71.6 Å². The topological polar surface area (TPSA) is 61.8 Å². The number of carbonyl (C=O) groups is 1. The number of hydrogen-bond donors (Lipinski definition) is 2. The number of ether oxygens (including phenoxy) is 1. The Balaban J connectivity index is 1.67. The van der Waals surface area contributed by atoms with Gasteiger partial charge in [0, 0.05) is 30.4 Å². The fraction of sp³-hybridized carbons (Fsp3) is 0.286. The van der Waals surface area contributed by atoms with Crippen LogP contribution in [0.2, 0.25) is 0 Å². The van der Waals surface area contributed by atoms with Crippen LogP contribution in [0, 0.1) is 5.82 Å². The average molecular weight is 370 g/mol. The third-order valence-electron chi connectivity index (χ3n) is 4.47. The van der Waals surface area contributed by atoms with Crippen molar-refractivity contribution in [3.8, 4) is 0 Å². The Morgan fingerprint density at radius 1 is 1.22 bits per heavy atom. The molecule has 2 N–H and O–H groups in total. The first-order valence-corrected chi connectivity index (χ1v) is 8.94. The van der Waals surface area contributed by atoms with Gasteiger partial charge in [-0.15, -0.1) is 0 Å². The summed E-state index contributed by atoms with van der Waals surface area (Å²) in [5.41, 5.74) is 2.18. The lowest BCUT2D eigenvalue weighted by Crippen LogP contribution is -2.36. The summed E-state index contributed by atoms with van der Waals surface area (Å²) in [6.07, 6.45) is 2.69. The van der Waals surface area contributed by atoms with E-state index in [0.717, 1.165) is 24.3 Å². The highest BCUT2D eigenvalue weighted by atomic mass is 19.1. The van der Waals surface area contributed by atoms with E-state index in [9.17, 15) is 14.3 Å². The smallest absolute Gasteiger partial charge is 0.244 e. The predicted octanol–water partition coefficient (Wildman–Crippen LogP) is 2.53. The van der Waals surface area contributed by atoms with Crippen LogP contribution in [0.4, 0.5) is 10.1 Å². The lowest BCUT2D eigenvalue weighted by Gasteiger charge is -2.29. The molecule has 0 aromatic heterocycles. The number of aliphatic hydroxyl groups excluding tert-OH is 1. The monoisotopic (exact) mass is 370 g/mol. The van der Waals surface area contributed by atoms with Gasteiger partial charge in [0.15, 0.2) is 0 Å². The predicted molar refractivity (Wildman–Crippen MR) is 103 cm³/mol. The van der Waals surface area contributed by atoms with Gasteiger partial charge in [0.2, 0.25) is 5.91 Å². The number of aliphatic hydroxyl groups is 1. The summed E-state index contributed by atoms with van der Waals surface area (Å²) in [6.45, 7) is 2.76. The van der Waals surface area contributed by atoms with Gasteiger partial charge in [-0.1, -0.05) is 30.3 Å². The Kier molecular flexibility index (Phi) is 6.57. The SMILES string of the molecule is O=C(C=Cc1ccccc1F)N[C@H](CO)c1cccc(N2CCOCC2)c1. The number of anilines is 1. The molecule has 5 nitrogen and oxygen atoms in total. The van der Waals surface area contributed by atoms with Gasteiger partial charge in [0.05, 0.1) is 25.9 Å².